The summed E-state index contributed by atoms with van der Waals surface area (Å²) in [6.07, 6.45) is 0.903. The Hall–Kier alpha value is -3.06. The van der Waals surface area contributed by atoms with Crippen LogP contribution in [-0.2, 0) is 21.6 Å². The third kappa shape index (κ3) is 5.05. The van der Waals surface area contributed by atoms with Gasteiger partial charge in [-0.05, 0) is 62.1 Å². The molecule has 7 heteroatoms. The molecule has 1 heterocycles. The van der Waals surface area contributed by atoms with Crippen molar-refractivity contribution in [3.63, 3.8) is 0 Å². The molecule has 7 nitrogen and oxygen atoms in total. The van der Waals surface area contributed by atoms with Crippen molar-refractivity contribution in [3.05, 3.63) is 59.7 Å². The van der Waals surface area contributed by atoms with E-state index in [9.17, 15) is 14.7 Å². The Labute approximate surface area is 189 Å². The molecular weight excluding hydrogens is 408 g/mol. The van der Waals surface area contributed by atoms with Crippen LogP contribution in [-0.4, -0.2) is 55.4 Å². The first-order valence-corrected chi connectivity index (χ1v) is 11.1. The molecule has 1 aliphatic heterocycles. The first-order valence-electron chi connectivity index (χ1n) is 11.1. The van der Waals surface area contributed by atoms with Gasteiger partial charge in [0, 0.05) is 39.0 Å². The van der Waals surface area contributed by atoms with E-state index in [1.807, 2.05) is 62.4 Å². The highest BCUT2D eigenvalue weighted by Gasteiger charge is 2.42. The van der Waals surface area contributed by atoms with Crippen molar-refractivity contribution < 1.29 is 24.2 Å². The largest absolute Gasteiger partial charge is 0.489 e. The maximum atomic E-state index is 12.5. The molecule has 0 saturated carbocycles. The molecule has 172 valence electrons. The van der Waals surface area contributed by atoms with Gasteiger partial charge in [0.05, 0.1) is 5.41 Å². The molecule has 2 aromatic carbocycles. The van der Waals surface area contributed by atoms with Crippen molar-refractivity contribution in [1.82, 2.24) is 4.90 Å². The number of aliphatic carboxylic acids is 1. The van der Waals surface area contributed by atoms with Crippen LogP contribution < -0.4 is 9.64 Å². The average Bonchev–Trinajstić information content (AvgIpc) is 2.83. The van der Waals surface area contributed by atoms with Crippen molar-refractivity contribution in [1.29, 1.82) is 0 Å². The molecule has 0 aliphatic carbocycles. The fourth-order valence-electron chi connectivity index (χ4n) is 4.03. The number of benzene rings is 2. The van der Waals surface area contributed by atoms with Gasteiger partial charge in [0.2, 0.25) is 0 Å². The predicted octanol–water partition coefficient (Wildman–Crippen LogP) is 4.30. The first kappa shape index (κ1) is 23.6. The Morgan fingerprint density at radius 2 is 1.72 bits per heavy atom. The number of amides is 2. The van der Waals surface area contributed by atoms with Crippen molar-refractivity contribution in [2.24, 2.45) is 0 Å². The summed E-state index contributed by atoms with van der Waals surface area (Å²) in [5.74, 6) is -0.190. The Balaban J connectivity index is 1.67. The molecule has 0 atom stereocenters. The molecule has 0 unspecified atom stereocenters. The van der Waals surface area contributed by atoms with E-state index in [2.05, 4.69) is 0 Å². The van der Waals surface area contributed by atoms with Crippen molar-refractivity contribution in [3.8, 4) is 5.75 Å². The summed E-state index contributed by atoms with van der Waals surface area (Å²) in [5, 5.41) is 9.89. The zero-order chi connectivity index (χ0) is 23.1. The number of carbonyl (C=O) groups is 2. The van der Waals surface area contributed by atoms with E-state index in [1.54, 1.807) is 16.8 Å². The van der Waals surface area contributed by atoms with Gasteiger partial charge in [-0.25, -0.2) is 4.79 Å². The van der Waals surface area contributed by atoms with E-state index < -0.39 is 11.4 Å². The van der Waals surface area contributed by atoms with Crippen LogP contribution in [0.5, 0.6) is 5.75 Å². The average molecular weight is 441 g/mol. The molecule has 1 N–H and O–H groups in total. The minimum Gasteiger partial charge on any atom is -0.489 e. The standard InChI is InChI=1S/C25H32N2O5/c1-4-27(5-2)24(30)26(3)21-11-9-19(10-12-21)18-32-22-8-6-7-20(17-22)25(23(28)29)13-15-31-16-14-25/h6-12,17H,4-5,13-16,18H2,1-3H3,(H,28,29). The molecule has 0 spiro atoms. The maximum absolute atomic E-state index is 12.5. The van der Waals surface area contributed by atoms with Crippen molar-refractivity contribution >= 4 is 17.7 Å². The molecule has 1 fully saturated rings. The lowest BCUT2D eigenvalue weighted by molar-refractivity contribution is -0.147. The third-order valence-corrected chi connectivity index (χ3v) is 6.19. The summed E-state index contributed by atoms with van der Waals surface area (Å²) in [4.78, 5) is 28.0. The van der Waals surface area contributed by atoms with E-state index in [0.717, 1.165) is 16.8 Å². The second kappa shape index (κ2) is 10.5. The van der Waals surface area contributed by atoms with Crippen molar-refractivity contribution in [2.45, 2.75) is 38.7 Å². The molecule has 1 aliphatic rings. The van der Waals surface area contributed by atoms with E-state index in [4.69, 9.17) is 9.47 Å². The fourth-order valence-corrected chi connectivity index (χ4v) is 4.03. The summed E-state index contributed by atoms with van der Waals surface area (Å²) >= 11 is 0. The van der Waals surface area contributed by atoms with Gasteiger partial charge in [-0.15, -0.1) is 0 Å². The van der Waals surface area contributed by atoms with Gasteiger partial charge in [-0.2, -0.15) is 0 Å². The highest BCUT2D eigenvalue weighted by molar-refractivity contribution is 5.91. The van der Waals surface area contributed by atoms with E-state index >= 15 is 0 Å². The number of ether oxygens (including phenoxy) is 2. The number of anilines is 1. The number of urea groups is 1. The van der Waals surface area contributed by atoms with Gasteiger partial charge >= 0.3 is 12.0 Å². The van der Waals surface area contributed by atoms with E-state index in [0.29, 0.717) is 51.5 Å². The van der Waals surface area contributed by atoms with Gasteiger partial charge in [0.25, 0.3) is 0 Å². The molecule has 2 aromatic rings. The maximum Gasteiger partial charge on any atom is 0.324 e. The van der Waals surface area contributed by atoms with Gasteiger partial charge < -0.3 is 19.5 Å². The van der Waals surface area contributed by atoms with Crippen LogP contribution in [0.3, 0.4) is 0 Å². The predicted molar refractivity (Wildman–Crippen MR) is 123 cm³/mol. The van der Waals surface area contributed by atoms with Gasteiger partial charge in [0.1, 0.15) is 12.4 Å². The zero-order valence-corrected chi connectivity index (χ0v) is 19.0. The molecule has 0 aromatic heterocycles. The van der Waals surface area contributed by atoms with Crippen molar-refractivity contribution in [2.75, 3.05) is 38.3 Å². The van der Waals surface area contributed by atoms with Crippen LogP contribution in [0.2, 0.25) is 0 Å². The number of hydrogen-bond acceptors (Lipinski definition) is 4. The zero-order valence-electron chi connectivity index (χ0n) is 19.0. The monoisotopic (exact) mass is 440 g/mol. The number of nitrogens with zero attached hydrogens (tertiary/aromatic N) is 2. The number of carbonyl (C=O) groups excluding carboxylic acids is 1. The number of carboxylic acids is 1. The smallest absolute Gasteiger partial charge is 0.324 e. The Morgan fingerprint density at radius 1 is 1.06 bits per heavy atom. The topological polar surface area (TPSA) is 79.3 Å². The first-order chi connectivity index (χ1) is 15.4. The second-order valence-corrected chi connectivity index (χ2v) is 8.00. The second-order valence-electron chi connectivity index (χ2n) is 8.00. The lowest BCUT2D eigenvalue weighted by Crippen LogP contribution is -2.41. The summed E-state index contributed by atoms with van der Waals surface area (Å²) in [6, 6.07) is 15.0. The fraction of sp³-hybridized carbons (Fsp3) is 0.440. The molecule has 0 bridgehead atoms. The Bertz CT molecular complexity index is 918. The molecule has 1 saturated heterocycles. The lowest BCUT2D eigenvalue weighted by Gasteiger charge is -2.33. The third-order valence-electron chi connectivity index (χ3n) is 6.19. The normalized spacial score (nSPS) is 15.1. The molecule has 2 amide bonds. The molecule has 32 heavy (non-hydrogen) atoms. The summed E-state index contributed by atoms with van der Waals surface area (Å²) in [7, 11) is 1.77. The Kier molecular flexibility index (Phi) is 7.75. The van der Waals surface area contributed by atoms with Crippen LogP contribution in [0, 0.1) is 0 Å². The van der Waals surface area contributed by atoms with Gasteiger partial charge in [-0.3, -0.25) is 9.69 Å². The highest BCUT2D eigenvalue weighted by Crippen LogP contribution is 2.36. The van der Waals surface area contributed by atoms with E-state index in [-0.39, 0.29) is 6.03 Å². The lowest BCUT2D eigenvalue weighted by atomic mass is 9.74. The molecule has 0 radical (unpaired) electrons. The summed E-state index contributed by atoms with van der Waals surface area (Å²) < 4.78 is 11.3. The minimum absolute atomic E-state index is 0.0312. The summed E-state index contributed by atoms with van der Waals surface area (Å²) in [5.41, 5.74) is 1.59. The van der Waals surface area contributed by atoms with Gasteiger partial charge in [0.15, 0.2) is 0 Å². The number of hydrogen-bond donors (Lipinski definition) is 1. The SMILES string of the molecule is CCN(CC)C(=O)N(C)c1ccc(COc2cccc(C3(C(=O)O)CCOCC3)c2)cc1. The van der Waals surface area contributed by atoms with Crippen LogP contribution in [0.4, 0.5) is 10.5 Å². The number of carboxylic acid groups (broad SMARTS) is 1. The molecular formula is C25H32N2O5. The highest BCUT2D eigenvalue weighted by atomic mass is 16.5. The van der Waals surface area contributed by atoms with Crippen LogP contribution in [0.15, 0.2) is 48.5 Å². The quantitative estimate of drug-likeness (QED) is 0.662. The van der Waals surface area contributed by atoms with Gasteiger partial charge in [-0.1, -0.05) is 24.3 Å². The van der Waals surface area contributed by atoms with Crippen LogP contribution in [0.1, 0.15) is 37.8 Å². The van der Waals surface area contributed by atoms with E-state index in [1.165, 1.54) is 0 Å². The Morgan fingerprint density at radius 3 is 2.31 bits per heavy atom. The van der Waals surface area contributed by atoms with Crippen LogP contribution >= 0.6 is 0 Å². The van der Waals surface area contributed by atoms with Crippen LogP contribution in [0.25, 0.3) is 0 Å². The molecule has 3 rings (SSSR count). The minimum atomic E-state index is -0.929. The number of rotatable bonds is 8. The summed E-state index contributed by atoms with van der Waals surface area (Å²) in [6.45, 7) is 6.49.